The number of furan rings is 1. The van der Waals surface area contributed by atoms with Crippen molar-refractivity contribution in [3.8, 4) is 11.3 Å². The van der Waals surface area contributed by atoms with Crippen molar-refractivity contribution in [2.24, 2.45) is 11.7 Å². The first-order valence-corrected chi connectivity index (χ1v) is 13.1. The van der Waals surface area contributed by atoms with E-state index < -0.39 is 36.0 Å². The molecule has 3 heterocycles. The van der Waals surface area contributed by atoms with Crippen LogP contribution in [0.15, 0.2) is 65.6 Å². The average Bonchev–Trinajstić information content (AvgIpc) is 3.41. The highest BCUT2D eigenvalue weighted by molar-refractivity contribution is 5.87. The molecule has 214 valence electrons. The van der Waals surface area contributed by atoms with Gasteiger partial charge in [-0.3, -0.25) is 14.5 Å². The second-order valence-electron chi connectivity index (χ2n) is 9.99. The fourth-order valence-electron chi connectivity index (χ4n) is 5.10. The summed E-state index contributed by atoms with van der Waals surface area (Å²) in [5, 5.41) is 5.28. The summed E-state index contributed by atoms with van der Waals surface area (Å²) < 4.78 is 45.2. The van der Waals surface area contributed by atoms with Crippen molar-refractivity contribution in [3.05, 3.63) is 72.5 Å². The highest BCUT2D eigenvalue weighted by atomic mass is 19.4. The fraction of sp³-hybridized carbons (Fsp3) is 0.429. The number of carbonyl (C=O) groups is 2. The SMILES string of the molecule is NC(=O)C(CCCN1CCNCC1(Cc1ccc(-c2ccccc2)o1)C(=O)NCC(F)(F)F)Cc1cncnc1. The molecule has 1 fully saturated rings. The Kier molecular flexibility index (Phi) is 9.54. The number of primary amides is 1. The molecular formula is C28H33F3N6O3. The maximum atomic E-state index is 13.5. The molecule has 4 N–H and O–H groups in total. The van der Waals surface area contributed by atoms with Gasteiger partial charge >= 0.3 is 6.18 Å². The van der Waals surface area contributed by atoms with Crippen molar-refractivity contribution in [1.82, 2.24) is 25.5 Å². The van der Waals surface area contributed by atoms with Crippen LogP contribution in [0.5, 0.6) is 0 Å². The van der Waals surface area contributed by atoms with Crippen molar-refractivity contribution in [2.45, 2.75) is 37.4 Å². The largest absolute Gasteiger partial charge is 0.461 e. The first-order valence-electron chi connectivity index (χ1n) is 13.1. The monoisotopic (exact) mass is 558 g/mol. The van der Waals surface area contributed by atoms with Crippen molar-refractivity contribution in [3.63, 3.8) is 0 Å². The number of nitrogens with zero attached hydrogens (tertiary/aromatic N) is 3. The molecule has 0 radical (unpaired) electrons. The van der Waals surface area contributed by atoms with Crippen LogP contribution in [0, 0.1) is 5.92 Å². The molecule has 3 aromatic rings. The third-order valence-corrected chi connectivity index (χ3v) is 7.12. The minimum Gasteiger partial charge on any atom is -0.461 e. The molecule has 2 atom stereocenters. The minimum atomic E-state index is -4.55. The number of hydrogen-bond acceptors (Lipinski definition) is 7. The van der Waals surface area contributed by atoms with E-state index in [-0.39, 0.29) is 13.0 Å². The van der Waals surface area contributed by atoms with Crippen LogP contribution < -0.4 is 16.4 Å². The van der Waals surface area contributed by atoms with Gasteiger partial charge in [-0.05, 0) is 43.5 Å². The highest BCUT2D eigenvalue weighted by Crippen LogP contribution is 2.29. The van der Waals surface area contributed by atoms with E-state index >= 15 is 0 Å². The lowest BCUT2D eigenvalue weighted by Gasteiger charge is -2.46. The number of carbonyl (C=O) groups excluding carboxylic acids is 2. The second-order valence-corrected chi connectivity index (χ2v) is 9.99. The van der Waals surface area contributed by atoms with Crippen LogP contribution in [0.1, 0.15) is 24.2 Å². The Morgan fingerprint density at radius 2 is 1.90 bits per heavy atom. The number of nitrogens with two attached hydrogens (primary N) is 1. The molecule has 1 aliphatic heterocycles. The van der Waals surface area contributed by atoms with Crippen LogP contribution in [-0.2, 0) is 22.4 Å². The zero-order chi connectivity index (χ0) is 28.6. The number of alkyl halides is 3. The summed E-state index contributed by atoms with van der Waals surface area (Å²) in [5.74, 6) is -0.578. The standard InChI is InChI=1S/C28H33F3N6O3/c29-28(30,31)18-36-26(39)27(14-23-8-9-24(40-23)21-5-2-1-3-6-21)17-33-10-12-37(27)11-4-7-22(25(32)38)13-20-15-34-19-35-16-20/h1-3,5-6,8-9,15-16,19,22,33H,4,7,10-14,17-18H2,(H2,32,38)(H,36,39). The van der Waals surface area contributed by atoms with E-state index in [1.165, 1.54) is 6.33 Å². The zero-order valence-electron chi connectivity index (χ0n) is 22.0. The van der Waals surface area contributed by atoms with Crippen LogP contribution in [-0.4, -0.2) is 71.1 Å². The molecule has 0 saturated carbocycles. The smallest absolute Gasteiger partial charge is 0.405 e. The predicted molar refractivity (Wildman–Crippen MR) is 142 cm³/mol. The molecule has 0 bridgehead atoms. The molecule has 1 aromatic carbocycles. The number of nitrogens with one attached hydrogen (secondary N) is 2. The highest BCUT2D eigenvalue weighted by Gasteiger charge is 2.47. The van der Waals surface area contributed by atoms with Gasteiger partial charge in [0.05, 0.1) is 0 Å². The van der Waals surface area contributed by atoms with E-state index in [9.17, 15) is 22.8 Å². The van der Waals surface area contributed by atoms with Gasteiger partial charge in [-0.1, -0.05) is 30.3 Å². The summed E-state index contributed by atoms with van der Waals surface area (Å²) in [4.78, 5) is 35.5. The molecule has 1 aliphatic rings. The molecule has 12 heteroatoms. The van der Waals surface area contributed by atoms with Gasteiger partial charge < -0.3 is 20.8 Å². The molecule has 2 amide bonds. The maximum absolute atomic E-state index is 13.5. The van der Waals surface area contributed by atoms with Crippen molar-refractivity contribution < 1.29 is 27.2 Å². The summed E-state index contributed by atoms with van der Waals surface area (Å²) in [6.45, 7) is 0.0701. The Morgan fingerprint density at radius 3 is 2.60 bits per heavy atom. The van der Waals surface area contributed by atoms with Crippen molar-refractivity contribution in [2.75, 3.05) is 32.7 Å². The fourth-order valence-corrected chi connectivity index (χ4v) is 5.10. The summed E-state index contributed by atoms with van der Waals surface area (Å²) in [6, 6.07) is 13.0. The number of hydrogen-bond donors (Lipinski definition) is 3. The molecule has 0 aliphatic carbocycles. The molecule has 2 unspecified atom stereocenters. The third kappa shape index (κ3) is 7.66. The van der Waals surface area contributed by atoms with Gasteiger partial charge in [-0.2, -0.15) is 13.2 Å². The Hall–Kier alpha value is -3.77. The van der Waals surface area contributed by atoms with Gasteiger partial charge in [-0.25, -0.2) is 9.97 Å². The third-order valence-electron chi connectivity index (χ3n) is 7.12. The second kappa shape index (κ2) is 13.1. The van der Waals surface area contributed by atoms with E-state index in [2.05, 4.69) is 20.6 Å². The van der Waals surface area contributed by atoms with Gasteiger partial charge in [0.2, 0.25) is 11.8 Å². The molecular weight excluding hydrogens is 525 g/mol. The van der Waals surface area contributed by atoms with E-state index in [1.807, 2.05) is 35.2 Å². The predicted octanol–water partition coefficient (Wildman–Crippen LogP) is 2.73. The van der Waals surface area contributed by atoms with Crippen LogP contribution in [0.25, 0.3) is 11.3 Å². The lowest BCUT2D eigenvalue weighted by molar-refractivity contribution is -0.147. The van der Waals surface area contributed by atoms with E-state index in [0.717, 1.165) is 11.1 Å². The average molecular weight is 559 g/mol. The number of amides is 2. The number of piperazine rings is 1. The van der Waals surface area contributed by atoms with Gasteiger partial charge in [0.1, 0.15) is 29.9 Å². The van der Waals surface area contributed by atoms with Crippen LogP contribution >= 0.6 is 0 Å². The van der Waals surface area contributed by atoms with Crippen LogP contribution in [0.2, 0.25) is 0 Å². The number of aromatic nitrogens is 2. The summed E-state index contributed by atoms with van der Waals surface area (Å²) >= 11 is 0. The molecule has 4 rings (SSSR count). The van der Waals surface area contributed by atoms with E-state index in [0.29, 0.717) is 50.4 Å². The summed E-state index contributed by atoms with van der Waals surface area (Å²) in [6.07, 6.45) is 1.49. The molecule has 2 aromatic heterocycles. The van der Waals surface area contributed by atoms with E-state index in [1.54, 1.807) is 24.5 Å². The van der Waals surface area contributed by atoms with Gasteiger partial charge in [0, 0.05) is 49.9 Å². The number of benzene rings is 1. The van der Waals surface area contributed by atoms with Crippen LogP contribution in [0.3, 0.4) is 0 Å². The lowest BCUT2D eigenvalue weighted by atomic mass is 9.87. The Bertz CT molecular complexity index is 1250. The minimum absolute atomic E-state index is 0.0666. The number of rotatable bonds is 12. The van der Waals surface area contributed by atoms with Crippen LogP contribution in [0.4, 0.5) is 13.2 Å². The van der Waals surface area contributed by atoms with Crippen molar-refractivity contribution >= 4 is 11.8 Å². The first-order chi connectivity index (χ1) is 19.2. The maximum Gasteiger partial charge on any atom is 0.405 e. The summed E-state index contributed by atoms with van der Waals surface area (Å²) in [5.41, 5.74) is 5.95. The Morgan fingerprint density at radius 1 is 1.15 bits per heavy atom. The lowest BCUT2D eigenvalue weighted by Crippen LogP contribution is -2.69. The molecule has 0 spiro atoms. The van der Waals surface area contributed by atoms with Gasteiger partial charge in [-0.15, -0.1) is 0 Å². The molecule has 9 nitrogen and oxygen atoms in total. The first kappa shape index (κ1) is 29.2. The van der Waals surface area contributed by atoms with Gasteiger partial charge in [0.25, 0.3) is 0 Å². The van der Waals surface area contributed by atoms with Gasteiger partial charge in [0.15, 0.2) is 0 Å². The normalized spacial score (nSPS) is 18.8. The Balaban J connectivity index is 1.52. The molecule has 1 saturated heterocycles. The Labute approximate surface area is 230 Å². The zero-order valence-corrected chi connectivity index (χ0v) is 22.0. The number of halogens is 3. The van der Waals surface area contributed by atoms with E-state index in [4.69, 9.17) is 10.2 Å². The molecule has 40 heavy (non-hydrogen) atoms. The van der Waals surface area contributed by atoms with Crippen molar-refractivity contribution in [1.29, 1.82) is 0 Å². The summed E-state index contributed by atoms with van der Waals surface area (Å²) in [7, 11) is 0. The quantitative estimate of drug-likeness (QED) is 0.312. The topological polar surface area (TPSA) is 126 Å².